The van der Waals surface area contributed by atoms with Crippen molar-refractivity contribution >= 4 is 91.7 Å². The summed E-state index contributed by atoms with van der Waals surface area (Å²) in [6.07, 6.45) is 5.35. The molecule has 48 heavy (non-hydrogen) atoms. The van der Waals surface area contributed by atoms with Gasteiger partial charge in [-0.1, -0.05) is 39.7 Å². The van der Waals surface area contributed by atoms with Crippen molar-refractivity contribution in [3.05, 3.63) is 86.1 Å². The van der Waals surface area contributed by atoms with Crippen LogP contribution < -0.4 is 21.4 Å². The quantitative estimate of drug-likeness (QED) is 0.0533. The van der Waals surface area contributed by atoms with Crippen molar-refractivity contribution in [2.24, 2.45) is 10.9 Å². The molecule has 4 aromatic rings. The van der Waals surface area contributed by atoms with Crippen molar-refractivity contribution in [3.63, 3.8) is 0 Å². The number of fused-ring (bicyclic) bond motifs is 2. The summed E-state index contributed by atoms with van der Waals surface area (Å²) in [5.74, 6) is -3.26. The second-order valence-corrected chi connectivity index (χ2v) is 13.8. The lowest BCUT2D eigenvalue weighted by molar-refractivity contribution is -0.687. The van der Waals surface area contributed by atoms with Gasteiger partial charge in [0.2, 0.25) is 0 Å². The number of nitrogen functional groups attached to an aromatic ring is 2. The first kappa shape index (κ1) is 33.2. The SMILES string of the molecule is CON=C(C(=O)N[C@@H]1C(=O)N2C(C(=O)O)=C(C[n+]3ccc4c(ccn4Cc4c(F)cc(C(=N)N)cc4Cl)c3)CS[C@H]12)c1nc(N)sc1Cl. The molecule has 1 fully saturated rings. The van der Waals surface area contributed by atoms with E-state index in [-0.39, 0.29) is 67.4 Å². The number of hydrogen-bond donors (Lipinski definition) is 5. The van der Waals surface area contributed by atoms with Crippen LogP contribution in [0.4, 0.5) is 9.52 Å². The number of benzene rings is 1. The predicted molar refractivity (Wildman–Crippen MR) is 178 cm³/mol. The summed E-state index contributed by atoms with van der Waals surface area (Å²) < 4.78 is 18.6. The highest BCUT2D eigenvalue weighted by atomic mass is 35.5. The lowest BCUT2D eigenvalue weighted by atomic mass is 10.0. The summed E-state index contributed by atoms with van der Waals surface area (Å²) in [6.45, 7) is 0.297. The number of amides is 2. The van der Waals surface area contributed by atoms with Crippen molar-refractivity contribution in [1.29, 1.82) is 5.41 Å². The molecule has 6 rings (SSSR count). The van der Waals surface area contributed by atoms with Gasteiger partial charge in [0.15, 0.2) is 29.8 Å². The second-order valence-electron chi connectivity index (χ2n) is 10.6. The highest BCUT2D eigenvalue weighted by Gasteiger charge is 2.55. The summed E-state index contributed by atoms with van der Waals surface area (Å²) in [6, 6.07) is 5.23. The topological polar surface area (TPSA) is 206 Å². The van der Waals surface area contributed by atoms with Crippen LogP contribution in [0.25, 0.3) is 10.9 Å². The molecule has 0 saturated carbocycles. The molecule has 248 valence electrons. The van der Waals surface area contributed by atoms with E-state index in [1.54, 1.807) is 17.0 Å². The van der Waals surface area contributed by atoms with Gasteiger partial charge < -0.3 is 31.3 Å². The Kier molecular flexibility index (Phi) is 9.04. The lowest BCUT2D eigenvalue weighted by Gasteiger charge is -2.49. The van der Waals surface area contributed by atoms with Gasteiger partial charge in [-0.3, -0.25) is 19.9 Å². The van der Waals surface area contributed by atoms with E-state index in [4.69, 9.17) is 44.9 Å². The number of nitrogens with zero attached hydrogens (tertiary/aromatic N) is 5. The minimum Gasteiger partial charge on any atom is -0.477 e. The molecule has 1 saturated heterocycles. The number of aliphatic carboxylic acids is 1. The maximum absolute atomic E-state index is 14.8. The summed E-state index contributed by atoms with van der Waals surface area (Å²) >= 11 is 14.7. The number of carbonyl (C=O) groups is 3. The van der Waals surface area contributed by atoms with E-state index in [0.717, 1.165) is 22.2 Å². The average Bonchev–Trinajstić information content (AvgIpc) is 3.60. The van der Waals surface area contributed by atoms with Gasteiger partial charge in [0.25, 0.3) is 11.8 Å². The zero-order valence-electron chi connectivity index (χ0n) is 24.7. The first-order valence-electron chi connectivity index (χ1n) is 13.9. The Balaban J connectivity index is 1.19. The number of rotatable bonds is 10. The standard InChI is InChI=1S/C29H24Cl2FN9O5S2/c1-46-38-20(19-23(31)48-29(35)37-19)25(42)36-21-26(43)41-22(28(44)45)14(11-47-27(21)41)9-39-4-3-18-12(8-39)2-5-40(18)10-15-16(30)6-13(24(33)34)7-17(15)32/h2-8,21,27H,9-11H2,1H3,(H6-,33,34,35,36,37,42,44,45)/p+1/t21-,27-/m1/s1. The van der Waals surface area contributed by atoms with E-state index in [2.05, 4.69) is 15.5 Å². The highest BCUT2D eigenvalue weighted by molar-refractivity contribution is 8.00. The number of β-lactam (4-membered cyclic amide) rings is 1. The van der Waals surface area contributed by atoms with E-state index in [1.807, 2.05) is 22.9 Å². The zero-order valence-corrected chi connectivity index (χ0v) is 27.9. The van der Waals surface area contributed by atoms with Crippen LogP contribution in [0, 0.1) is 11.2 Å². The summed E-state index contributed by atoms with van der Waals surface area (Å²) in [4.78, 5) is 48.8. The number of carboxylic acids is 1. The Morgan fingerprint density at radius 1 is 1.33 bits per heavy atom. The minimum absolute atomic E-state index is 0.00420. The van der Waals surface area contributed by atoms with E-state index < -0.39 is 35.0 Å². The van der Waals surface area contributed by atoms with Crippen LogP contribution in [0.5, 0.6) is 0 Å². The number of thiazole rings is 1. The number of nitrogens with one attached hydrogen (secondary N) is 2. The van der Waals surface area contributed by atoms with Gasteiger partial charge in [0, 0.05) is 39.7 Å². The molecule has 2 aliphatic rings. The molecule has 1 aromatic carbocycles. The number of thioether (sulfide) groups is 1. The molecule has 0 unspecified atom stereocenters. The number of carbonyl (C=O) groups excluding carboxylic acids is 2. The molecule has 0 aliphatic carbocycles. The smallest absolute Gasteiger partial charge is 0.352 e. The summed E-state index contributed by atoms with van der Waals surface area (Å²) in [7, 11) is 1.23. The number of aromatic nitrogens is 3. The third-order valence-corrected chi connectivity index (χ3v) is 10.4. The van der Waals surface area contributed by atoms with Crippen LogP contribution in [0.15, 0.2) is 59.3 Å². The van der Waals surface area contributed by atoms with Gasteiger partial charge in [0.05, 0.1) is 17.4 Å². The monoisotopic (exact) mass is 732 g/mol. The molecule has 2 atom stereocenters. The fourth-order valence-electron chi connectivity index (χ4n) is 5.49. The number of carboxylic acid groups (broad SMARTS) is 1. The second kappa shape index (κ2) is 13.1. The van der Waals surface area contributed by atoms with Crippen LogP contribution in [-0.4, -0.2) is 73.2 Å². The molecular formula is C29H25Cl2FN9O5S2+. The highest BCUT2D eigenvalue weighted by Crippen LogP contribution is 2.40. The van der Waals surface area contributed by atoms with Crippen molar-refractivity contribution < 1.29 is 33.3 Å². The third kappa shape index (κ3) is 6.05. The zero-order chi connectivity index (χ0) is 34.4. The van der Waals surface area contributed by atoms with Crippen LogP contribution >= 0.6 is 46.3 Å². The molecule has 0 radical (unpaired) electrons. The Labute approximate surface area is 289 Å². The predicted octanol–water partition coefficient (Wildman–Crippen LogP) is 2.54. The van der Waals surface area contributed by atoms with Gasteiger partial charge in [-0.2, -0.15) is 0 Å². The molecule has 2 amide bonds. The van der Waals surface area contributed by atoms with E-state index in [1.165, 1.54) is 35.9 Å². The van der Waals surface area contributed by atoms with E-state index in [0.29, 0.717) is 5.57 Å². The van der Waals surface area contributed by atoms with E-state index >= 15 is 0 Å². The molecule has 0 spiro atoms. The number of oxime groups is 1. The van der Waals surface area contributed by atoms with Crippen molar-refractivity contribution in [2.45, 2.75) is 24.5 Å². The van der Waals surface area contributed by atoms with Gasteiger partial charge in [-0.05, 0) is 18.2 Å². The van der Waals surface area contributed by atoms with Crippen LogP contribution in [0.3, 0.4) is 0 Å². The maximum Gasteiger partial charge on any atom is 0.352 e. The Bertz CT molecular complexity index is 2080. The molecule has 3 aromatic heterocycles. The average molecular weight is 734 g/mol. The van der Waals surface area contributed by atoms with Crippen LogP contribution in [0.2, 0.25) is 9.36 Å². The fourth-order valence-corrected chi connectivity index (χ4v) is 8.02. The third-order valence-electron chi connectivity index (χ3n) is 7.68. The first-order chi connectivity index (χ1) is 22.9. The largest absolute Gasteiger partial charge is 0.477 e. The van der Waals surface area contributed by atoms with Gasteiger partial charge in [-0.15, -0.1) is 11.8 Å². The molecule has 5 heterocycles. The Hall–Kier alpha value is -4.71. The van der Waals surface area contributed by atoms with E-state index in [9.17, 15) is 23.9 Å². The number of nitrogens with two attached hydrogens (primary N) is 2. The molecule has 2 aliphatic heterocycles. The molecule has 19 heteroatoms. The Morgan fingerprint density at radius 2 is 2.10 bits per heavy atom. The van der Waals surface area contributed by atoms with Crippen LogP contribution in [-0.2, 0) is 32.3 Å². The summed E-state index contributed by atoms with van der Waals surface area (Å²) in [5.41, 5.74) is 12.4. The minimum atomic E-state index is -1.28. The van der Waals surface area contributed by atoms with Crippen molar-refractivity contribution in [1.82, 2.24) is 19.8 Å². The number of pyridine rings is 1. The maximum atomic E-state index is 14.8. The normalized spacial score (nSPS) is 17.7. The van der Waals surface area contributed by atoms with Gasteiger partial charge in [-0.25, -0.2) is 18.7 Å². The number of hydrogen-bond acceptors (Lipinski definition) is 10. The van der Waals surface area contributed by atoms with Crippen molar-refractivity contribution in [3.8, 4) is 0 Å². The molecule has 14 nitrogen and oxygen atoms in total. The number of anilines is 1. The molecular weight excluding hydrogens is 708 g/mol. The molecule has 0 bridgehead atoms. The first-order valence-corrected chi connectivity index (χ1v) is 16.5. The molecule has 7 N–H and O–H groups in total. The lowest BCUT2D eigenvalue weighted by Crippen LogP contribution is -2.71. The Morgan fingerprint density at radius 3 is 2.75 bits per heavy atom. The van der Waals surface area contributed by atoms with Gasteiger partial charge >= 0.3 is 5.97 Å². The number of halogens is 3. The van der Waals surface area contributed by atoms with Gasteiger partial charge in [0.1, 0.15) is 45.9 Å². The van der Waals surface area contributed by atoms with Crippen LogP contribution in [0.1, 0.15) is 16.8 Å². The number of amidine groups is 1. The van der Waals surface area contributed by atoms with Crippen molar-refractivity contribution in [2.75, 3.05) is 18.6 Å². The fraction of sp³-hybridized carbons (Fsp3) is 0.207. The summed E-state index contributed by atoms with van der Waals surface area (Å²) in [5, 5.41) is 24.4.